The zero-order valence-corrected chi connectivity index (χ0v) is 15.8. The van der Waals surface area contributed by atoms with Crippen LogP contribution >= 0.6 is 0 Å². The summed E-state index contributed by atoms with van der Waals surface area (Å²) in [5.74, 6) is 0.790. The van der Waals surface area contributed by atoms with Crippen LogP contribution in [0.15, 0.2) is 42.1 Å². The molecule has 7 N–H and O–H groups in total. The summed E-state index contributed by atoms with van der Waals surface area (Å²) < 4.78 is 10.9. The highest BCUT2D eigenvalue weighted by molar-refractivity contribution is 6.02. The van der Waals surface area contributed by atoms with E-state index in [-0.39, 0.29) is 11.4 Å². The number of nitrogens with two attached hydrogens (primary N) is 3. The first-order valence-electron chi connectivity index (χ1n) is 8.59. The van der Waals surface area contributed by atoms with E-state index in [9.17, 15) is 4.79 Å². The molecule has 1 amide bonds. The number of amides is 1. The Kier molecular flexibility index (Phi) is 6.54. The van der Waals surface area contributed by atoms with Gasteiger partial charge in [0.1, 0.15) is 17.2 Å². The fourth-order valence-corrected chi connectivity index (χ4v) is 2.74. The van der Waals surface area contributed by atoms with E-state index in [0.717, 1.165) is 6.42 Å². The first-order valence-corrected chi connectivity index (χ1v) is 8.59. The third-order valence-corrected chi connectivity index (χ3v) is 4.16. The second-order valence-electron chi connectivity index (χ2n) is 5.89. The largest absolute Gasteiger partial charge is 0.496 e. The number of anilines is 1. The van der Waals surface area contributed by atoms with E-state index < -0.39 is 5.91 Å². The van der Waals surface area contributed by atoms with Gasteiger partial charge in [0.2, 0.25) is 0 Å². The maximum Gasteiger partial charge on any atom is 0.269 e. The van der Waals surface area contributed by atoms with Crippen molar-refractivity contribution in [1.82, 2.24) is 5.32 Å². The fraction of sp³-hybridized carbons (Fsp3) is 0.250. The van der Waals surface area contributed by atoms with Crippen LogP contribution in [-0.2, 0) is 4.79 Å². The highest BCUT2D eigenvalue weighted by Gasteiger charge is 2.19. The SMILES string of the molecule is CCCNC(=O)/C(N)=C(\N)c1cccc(-c2c(OC)cccc2OC)c1N. The summed E-state index contributed by atoms with van der Waals surface area (Å²) >= 11 is 0. The molecule has 2 rings (SSSR count). The van der Waals surface area contributed by atoms with Gasteiger partial charge in [-0.05, 0) is 18.6 Å². The number of benzene rings is 2. The van der Waals surface area contributed by atoms with E-state index in [1.54, 1.807) is 26.4 Å². The van der Waals surface area contributed by atoms with E-state index in [1.807, 2.05) is 31.2 Å². The summed E-state index contributed by atoms with van der Waals surface area (Å²) in [6.07, 6.45) is 0.796. The van der Waals surface area contributed by atoms with E-state index in [2.05, 4.69) is 5.32 Å². The minimum absolute atomic E-state index is 0.0701. The Hall–Kier alpha value is -3.35. The van der Waals surface area contributed by atoms with Gasteiger partial charge in [-0.25, -0.2) is 0 Å². The van der Waals surface area contributed by atoms with Gasteiger partial charge in [-0.2, -0.15) is 0 Å². The molecule has 7 heteroatoms. The average molecular weight is 370 g/mol. The average Bonchev–Trinajstić information content (AvgIpc) is 2.70. The van der Waals surface area contributed by atoms with Gasteiger partial charge in [-0.1, -0.05) is 31.2 Å². The zero-order chi connectivity index (χ0) is 20.0. The Morgan fingerprint density at radius 3 is 2.19 bits per heavy atom. The van der Waals surface area contributed by atoms with Crippen LogP contribution in [0.2, 0.25) is 0 Å². The molecule has 0 bridgehead atoms. The predicted octanol–water partition coefficient (Wildman–Crippen LogP) is 2.07. The summed E-state index contributed by atoms with van der Waals surface area (Å²) in [7, 11) is 3.14. The van der Waals surface area contributed by atoms with Crippen LogP contribution in [0.4, 0.5) is 5.69 Å². The van der Waals surface area contributed by atoms with Gasteiger partial charge in [-0.15, -0.1) is 0 Å². The molecule has 0 unspecified atom stereocenters. The van der Waals surface area contributed by atoms with Crippen LogP contribution in [0.5, 0.6) is 11.5 Å². The van der Waals surface area contributed by atoms with E-state index in [0.29, 0.717) is 40.4 Å². The maximum absolute atomic E-state index is 12.1. The number of carbonyl (C=O) groups is 1. The normalized spacial score (nSPS) is 11.5. The highest BCUT2D eigenvalue weighted by Crippen LogP contribution is 2.42. The summed E-state index contributed by atoms with van der Waals surface area (Å²) in [4.78, 5) is 12.1. The van der Waals surface area contributed by atoms with E-state index in [1.165, 1.54) is 0 Å². The van der Waals surface area contributed by atoms with Gasteiger partial charge in [0.15, 0.2) is 0 Å². The number of hydrogen-bond acceptors (Lipinski definition) is 6. The molecule has 7 nitrogen and oxygen atoms in total. The molecule has 144 valence electrons. The molecule has 0 heterocycles. The predicted molar refractivity (Wildman–Crippen MR) is 108 cm³/mol. The van der Waals surface area contributed by atoms with Gasteiger partial charge in [0, 0.05) is 23.4 Å². The number of nitrogens with one attached hydrogen (secondary N) is 1. The van der Waals surface area contributed by atoms with Gasteiger partial charge < -0.3 is 32.0 Å². The van der Waals surface area contributed by atoms with Crippen molar-refractivity contribution in [3.8, 4) is 22.6 Å². The number of methoxy groups -OCH3 is 2. The van der Waals surface area contributed by atoms with Crippen molar-refractivity contribution >= 4 is 17.3 Å². The van der Waals surface area contributed by atoms with Gasteiger partial charge >= 0.3 is 0 Å². The van der Waals surface area contributed by atoms with Gasteiger partial charge in [0.05, 0.1) is 25.5 Å². The molecule has 0 radical (unpaired) electrons. The van der Waals surface area contributed by atoms with Gasteiger partial charge in [-0.3, -0.25) is 4.79 Å². The van der Waals surface area contributed by atoms with Crippen molar-refractivity contribution in [2.75, 3.05) is 26.5 Å². The Morgan fingerprint density at radius 1 is 1.04 bits per heavy atom. The first kappa shape index (κ1) is 20.0. The minimum Gasteiger partial charge on any atom is -0.496 e. The number of hydrogen-bond donors (Lipinski definition) is 4. The van der Waals surface area contributed by atoms with Crippen LogP contribution in [0, 0.1) is 0 Å². The number of ether oxygens (including phenoxy) is 2. The Morgan fingerprint density at radius 2 is 1.63 bits per heavy atom. The Labute approximate surface area is 159 Å². The van der Waals surface area contributed by atoms with E-state index in [4.69, 9.17) is 26.7 Å². The van der Waals surface area contributed by atoms with E-state index >= 15 is 0 Å². The molecule has 0 saturated heterocycles. The quantitative estimate of drug-likeness (QED) is 0.437. The number of carbonyl (C=O) groups excluding carboxylic acids is 1. The van der Waals surface area contributed by atoms with Crippen LogP contribution in [0.25, 0.3) is 16.8 Å². The van der Waals surface area contributed by atoms with Crippen LogP contribution in [-0.4, -0.2) is 26.7 Å². The Balaban J connectivity index is 2.59. The molecule has 0 aliphatic rings. The lowest BCUT2D eigenvalue weighted by Gasteiger charge is -2.17. The number of rotatable bonds is 7. The summed E-state index contributed by atoms with van der Waals surface area (Å²) in [5, 5.41) is 2.70. The Bertz CT molecular complexity index is 840. The molecule has 27 heavy (non-hydrogen) atoms. The molecule has 0 atom stereocenters. The monoisotopic (exact) mass is 370 g/mol. The standard InChI is InChI=1S/C20H26N4O3/c1-4-11-24-20(25)19(23)18(22)13-8-5-7-12(17(13)21)16-14(26-2)9-6-10-15(16)27-3/h5-10H,4,11,21-23H2,1-3H3,(H,24,25)/b19-18+. The van der Waals surface area contributed by atoms with Gasteiger partial charge in [0.25, 0.3) is 5.91 Å². The molecule has 2 aromatic rings. The maximum atomic E-state index is 12.1. The van der Waals surface area contributed by atoms with Crippen LogP contribution in [0.1, 0.15) is 18.9 Å². The molecule has 0 aliphatic heterocycles. The summed E-state index contributed by atoms with van der Waals surface area (Å²) in [6.45, 7) is 2.46. The van der Waals surface area contributed by atoms with Crippen molar-refractivity contribution in [1.29, 1.82) is 0 Å². The lowest BCUT2D eigenvalue weighted by atomic mass is 9.96. The highest BCUT2D eigenvalue weighted by atomic mass is 16.5. The van der Waals surface area contributed by atoms with Crippen LogP contribution < -0.4 is 32.0 Å². The lowest BCUT2D eigenvalue weighted by Crippen LogP contribution is -2.31. The second-order valence-corrected chi connectivity index (χ2v) is 5.89. The lowest BCUT2D eigenvalue weighted by molar-refractivity contribution is -0.117. The number of nitrogen functional groups attached to an aromatic ring is 1. The molecule has 0 saturated carbocycles. The van der Waals surface area contributed by atoms with Crippen molar-refractivity contribution in [2.24, 2.45) is 11.5 Å². The molecule has 0 aromatic heterocycles. The smallest absolute Gasteiger partial charge is 0.269 e. The summed E-state index contributed by atoms with van der Waals surface area (Å²) in [6, 6.07) is 10.8. The molecule has 0 aliphatic carbocycles. The molecular formula is C20H26N4O3. The molecule has 0 fully saturated rings. The van der Waals surface area contributed by atoms with Crippen molar-refractivity contribution in [3.63, 3.8) is 0 Å². The summed E-state index contributed by atoms with van der Waals surface area (Å²) in [5.41, 5.74) is 20.8. The second kappa shape index (κ2) is 8.84. The fourth-order valence-electron chi connectivity index (χ4n) is 2.74. The third kappa shape index (κ3) is 4.08. The first-order chi connectivity index (χ1) is 13.0. The minimum atomic E-state index is -0.422. The third-order valence-electron chi connectivity index (χ3n) is 4.16. The number of para-hydroxylation sites is 1. The zero-order valence-electron chi connectivity index (χ0n) is 15.8. The molecule has 2 aromatic carbocycles. The van der Waals surface area contributed by atoms with Crippen LogP contribution in [0.3, 0.4) is 0 Å². The van der Waals surface area contributed by atoms with Crippen molar-refractivity contribution in [3.05, 3.63) is 47.7 Å². The molecular weight excluding hydrogens is 344 g/mol. The van der Waals surface area contributed by atoms with Crippen molar-refractivity contribution in [2.45, 2.75) is 13.3 Å². The molecule has 0 spiro atoms. The van der Waals surface area contributed by atoms with Crippen molar-refractivity contribution < 1.29 is 14.3 Å². The topological polar surface area (TPSA) is 126 Å².